The molecule has 0 amide bonds. The molecule has 2 saturated heterocycles. The summed E-state index contributed by atoms with van der Waals surface area (Å²) in [5, 5.41) is 11.7. The van der Waals surface area contributed by atoms with Crippen molar-refractivity contribution in [3.63, 3.8) is 0 Å². The van der Waals surface area contributed by atoms with E-state index in [0.717, 1.165) is 0 Å². The lowest BCUT2D eigenvalue weighted by molar-refractivity contribution is -0.208. The Morgan fingerprint density at radius 3 is 2.56 bits per heavy atom. The van der Waals surface area contributed by atoms with Gasteiger partial charge in [0, 0.05) is 19.6 Å². The number of rotatable bonds is 3. The fraction of sp³-hybridized carbons (Fsp3) is 0.917. The van der Waals surface area contributed by atoms with Crippen LogP contribution in [-0.4, -0.2) is 54.6 Å². The summed E-state index contributed by atoms with van der Waals surface area (Å²) >= 11 is 0. The summed E-state index contributed by atoms with van der Waals surface area (Å²) in [4.78, 5) is 12.8. The first kappa shape index (κ1) is 13.7. The summed E-state index contributed by atoms with van der Waals surface area (Å²) in [6.45, 7) is 4.54. The molecular weight excluding hydrogens is 242 g/mol. The number of hydrogen-bond donors (Lipinski definition) is 2. The van der Waals surface area contributed by atoms with Gasteiger partial charge in [0.2, 0.25) is 0 Å². The molecule has 2 rings (SSSR count). The van der Waals surface area contributed by atoms with Crippen LogP contribution >= 0.6 is 0 Å². The highest BCUT2D eigenvalue weighted by atomic mass is 19.3. The third-order valence-corrected chi connectivity index (χ3v) is 4.15. The average Bonchev–Trinajstić information content (AvgIpc) is 2.17. The highest BCUT2D eigenvalue weighted by Gasteiger charge is 2.61. The van der Waals surface area contributed by atoms with Crippen LogP contribution in [0.1, 0.15) is 20.3 Å². The molecule has 0 bridgehead atoms. The summed E-state index contributed by atoms with van der Waals surface area (Å²) in [7, 11) is 0. The summed E-state index contributed by atoms with van der Waals surface area (Å²) in [5.74, 6) is -3.57. The number of piperidine rings is 1. The number of nitrogens with zero attached hydrogens (tertiary/aromatic N) is 1. The van der Waals surface area contributed by atoms with Gasteiger partial charge in [-0.2, -0.15) is 0 Å². The minimum atomic E-state index is -2.69. The van der Waals surface area contributed by atoms with E-state index in [-0.39, 0.29) is 6.54 Å². The van der Waals surface area contributed by atoms with Crippen LogP contribution in [0.25, 0.3) is 0 Å². The van der Waals surface area contributed by atoms with Gasteiger partial charge in [-0.25, -0.2) is 8.78 Å². The standard InChI is InChI=1S/C12H20F2N2O2/c1-10(2,9(17)18)6-16-7-11(8-16)3-4-15-5-12(11,13)14/h15H,3-8H2,1-2H3,(H,17,18). The van der Waals surface area contributed by atoms with E-state index in [4.69, 9.17) is 5.11 Å². The molecule has 0 aliphatic carbocycles. The van der Waals surface area contributed by atoms with E-state index in [9.17, 15) is 13.6 Å². The highest BCUT2D eigenvalue weighted by Crippen LogP contribution is 2.48. The second-order valence-electron chi connectivity index (χ2n) is 6.25. The quantitative estimate of drug-likeness (QED) is 0.797. The Morgan fingerprint density at radius 2 is 2.06 bits per heavy atom. The van der Waals surface area contributed by atoms with Crippen LogP contribution in [0.15, 0.2) is 0 Å². The number of carbonyl (C=O) groups is 1. The van der Waals surface area contributed by atoms with Crippen molar-refractivity contribution in [1.29, 1.82) is 0 Å². The lowest BCUT2D eigenvalue weighted by atomic mass is 9.69. The number of alkyl halides is 2. The van der Waals surface area contributed by atoms with Gasteiger partial charge in [-0.15, -0.1) is 0 Å². The van der Waals surface area contributed by atoms with Crippen molar-refractivity contribution in [1.82, 2.24) is 10.2 Å². The van der Waals surface area contributed by atoms with Gasteiger partial charge in [0.1, 0.15) is 0 Å². The molecule has 0 saturated carbocycles. The molecule has 0 unspecified atom stereocenters. The fourth-order valence-electron chi connectivity index (χ4n) is 2.88. The van der Waals surface area contributed by atoms with E-state index in [1.54, 1.807) is 13.8 Å². The Balaban J connectivity index is 1.95. The SMILES string of the molecule is CC(C)(CN1CC2(CCNCC2(F)F)C1)C(=O)O. The number of halogens is 2. The van der Waals surface area contributed by atoms with Crippen LogP contribution in [0, 0.1) is 10.8 Å². The monoisotopic (exact) mass is 262 g/mol. The summed E-state index contributed by atoms with van der Waals surface area (Å²) in [6, 6.07) is 0. The molecule has 18 heavy (non-hydrogen) atoms. The fourth-order valence-corrected chi connectivity index (χ4v) is 2.88. The molecule has 2 N–H and O–H groups in total. The average molecular weight is 262 g/mol. The minimum absolute atomic E-state index is 0.261. The molecule has 104 valence electrons. The Hall–Kier alpha value is -0.750. The summed E-state index contributed by atoms with van der Waals surface area (Å²) in [6.07, 6.45) is 0.462. The smallest absolute Gasteiger partial charge is 0.310 e. The van der Waals surface area contributed by atoms with Crippen molar-refractivity contribution < 1.29 is 18.7 Å². The highest BCUT2D eigenvalue weighted by molar-refractivity contribution is 5.73. The number of nitrogens with one attached hydrogen (secondary N) is 1. The Kier molecular flexibility index (Phi) is 3.14. The van der Waals surface area contributed by atoms with Gasteiger partial charge in [0.05, 0.1) is 17.4 Å². The van der Waals surface area contributed by atoms with Gasteiger partial charge in [-0.05, 0) is 26.8 Å². The summed E-state index contributed by atoms with van der Waals surface area (Å²) in [5.41, 5.74) is -1.82. The molecule has 2 fully saturated rings. The lowest BCUT2D eigenvalue weighted by Gasteiger charge is -2.56. The zero-order chi connectivity index (χ0) is 13.6. The first-order chi connectivity index (χ1) is 8.19. The lowest BCUT2D eigenvalue weighted by Crippen LogP contribution is -2.70. The van der Waals surface area contributed by atoms with Gasteiger partial charge in [-0.1, -0.05) is 0 Å². The third-order valence-electron chi connectivity index (χ3n) is 4.15. The Labute approximate surface area is 105 Å². The zero-order valence-electron chi connectivity index (χ0n) is 10.8. The maximum atomic E-state index is 13.9. The molecule has 0 aromatic rings. The van der Waals surface area contributed by atoms with Crippen molar-refractivity contribution in [2.45, 2.75) is 26.2 Å². The van der Waals surface area contributed by atoms with Crippen LogP contribution in [0.2, 0.25) is 0 Å². The van der Waals surface area contributed by atoms with Gasteiger partial charge < -0.3 is 15.3 Å². The molecule has 2 heterocycles. The largest absolute Gasteiger partial charge is 0.481 e. The first-order valence-corrected chi connectivity index (χ1v) is 6.23. The molecule has 0 aromatic carbocycles. The number of carboxylic acid groups (broad SMARTS) is 1. The second-order valence-corrected chi connectivity index (χ2v) is 6.25. The topological polar surface area (TPSA) is 52.6 Å². The van der Waals surface area contributed by atoms with Crippen LogP contribution in [-0.2, 0) is 4.79 Å². The van der Waals surface area contributed by atoms with E-state index in [0.29, 0.717) is 32.6 Å². The Morgan fingerprint density at radius 1 is 1.44 bits per heavy atom. The van der Waals surface area contributed by atoms with Gasteiger partial charge in [0.25, 0.3) is 5.92 Å². The number of hydrogen-bond acceptors (Lipinski definition) is 3. The van der Waals surface area contributed by atoms with Crippen LogP contribution in [0.3, 0.4) is 0 Å². The number of aliphatic carboxylic acids is 1. The van der Waals surface area contributed by atoms with Crippen LogP contribution < -0.4 is 5.32 Å². The van der Waals surface area contributed by atoms with Crippen molar-refractivity contribution in [3.8, 4) is 0 Å². The van der Waals surface area contributed by atoms with Gasteiger partial charge in [0.15, 0.2) is 0 Å². The predicted octanol–water partition coefficient (Wildman–Crippen LogP) is 1.03. The predicted molar refractivity (Wildman–Crippen MR) is 62.7 cm³/mol. The number of carboxylic acids is 1. The van der Waals surface area contributed by atoms with Gasteiger partial charge >= 0.3 is 5.97 Å². The van der Waals surface area contributed by atoms with E-state index in [1.165, 1.54) is 0 Å². The van der Waals surface area contributed by atoms with E-state index in [2.05, 4.69) is 5.32 Å². The molecule has 0 aromatic heterocycles. The molecule has 0 radical (unpaired) electrons. The molecule has 0 atom stereocenters. The maximum absolute atomic E-state index is 13.9. The van der Waals surface area contributed by atoms with Crippen molar-refractivity contribution in [2.24, 2.45) is 10.8 Å². The minimum Gasteiger partial charge on any atom is -0.481 e. The van der Waals surface area contributed by atoms with Crippen LogP contribution in [0.4, 0.5) is 8.78 Å². The van der Waals surface area contributed by atoms with Crippen molar-refractivity contribution in [2.75, 3.05) is 32.7 Å². The van der Waals surface area contributed by atoms with E-state index < -0.39 is 22.7 Å². The van der Waals surface area contributed by atoms with Crippen molar-refractivity contribution >= 4 is 5.97 Å². The molecule has 1 spiro atoms. The molecule has 4 nitrogen and oxygen atoms in total. The summed E-state index contributed by atoms with van der Waals surface area (Å²) < 4.78 is 27.7. The normalized spacial score (nSPS) is 26.9. The van der Waals surface area contributed by atoms with Crippen LogP contribution in [0.5, 0.6) is 0 Å². The maximum Gasteiger partial charge on any atom is 0.310 e. The zero-order valence-corrected chi connectivity index (χ0v) is 10.8. The molecule has 2 aliphatic heterocycles. The third kappa shape index (κ3) is 2.12. The first-order valence-electron chi connectivity index (χ1n) is 6.23. The van der Waals surface area contributed by atoms with E-state index >= 15 is 0 Å². The number of likely N-dealkylation sites (tertiary alicyclic amines) is 1. The second kappa shape index (κ2) is 4.13. The molecule has 6 heteroatoms. The van der Waals surface area contributed by atoms with E-state index in [1.807, 2.05) is 4.90 Å². The van der Waals surface area contributed by atoms with Gasteiger partial charge in [-0.3, -0.25) is 4.79 Å². The Bertz CT molecular complexity index is 352. The molecule has 2 aliphatic rings. The molecular formula is C12H20F2N2O2. The van der Waals surface area contributed by atoms with Crippen molar-refractivity contribution in [3.05, 3.63) is 0 Å².